The van der Waals surface area contributed by atoms with Crippen LogP contribution in [0.25, 0.3) is 16.9 Å². The Labute approximate surface area is 159 Å². The molecule has 0 aliphatic carbocycles. The normalized spacial score (nSPS) is 11.0. The van der Waals surface area contributed by atoms with E-state index >= 15 is 0 Å². The standard InChI is InChI=1S/C19H17N3O2S2/c1-23-16-6-5-13(10-17(16)24-2)15-11-18-20-7-8-22(18)19(21-15)26-12-14-4-3-9-25-14/h3-11H,12H2,1-2H3. The van der Waals surface area contributed by atoms with E-state index in [0.29, 0.717) is 11.5 Å². The lowest BCUT2D eigenvalue weighted by atomic mass is 10.1. The highest BCUT2D eigenvalue weighted by atomic mass is 32.2. The number of hydrogen-bond donors (Lipinski definition) is 0. The van der Waals surface area contributed by atoms with Crippen LogP contribution < -0.4 is 9.47 Å². The fourth-order valence-electron chi connectivity index (χ4n) is 2.67. The molecule has 26 heavy (non-hydrogen) atoms. The first kappa shape index (κ1) is 16.9. The molecule has 0 radical (unpaired) electrons. The highest BCUT2D eigenvalue weighted by Crippen LogP contribution is 2.33. The molecule has 0 spiro atoms. The molecule has 0 fully saturated rings. The van der Waals surface area contributed by atoms with Gasteiger partial charge < -0.3 is 9.47 Å². The highest BCUT2D eigenvalue weighted by molar-refractivity contribution is 7.98. The fourth-order valence-corrected chi connectivity index (χ4v) is 4.43. The second-order valence-electron chi connectivity index (χ2n) is 5.52. The average molecular weight is 383 g/mol. The van der Waals surface area contributed by atoms with E-state index in [4.69, 9.17) is 14.5 Å². The van der Waals surface area contributed by atoms with Crippen molar-refractivity contribution in [2.45, 2.75) is 10.9 Å². The van der Waals surface area contributed by atoms with Crippen LogP contribution in [0.1, 0.15) is 4.88 Å². The number of ether oxygens (including phenoxy) is 2. The van der Waals surface area contributed by atoms with E-state index in [9.17, 15) is 0 Å². The Balaban J connectivity index is 1.73. The van der Waals surface area contributed by atoms with Crippen molar-refractivity contribution in [3.05, 3.63) is 59.0 Å². The Bertz CT molecular complexity index is 1030. The molecule has 0 amide bonds. The van der Waals surface area contributed by atoms with Crippen molar-refractivity contribution < 1.29 is 9.47 Å². The number of benzene rings is 1. The number of fused-ring (bicyclic) bond motifs is 1. The zero-order chi connectivity index (χ0) is 17.9. The van der Waals surface area contributed by atoms with Crippen molar-refractivity contribution >= 4 is 28.7 Å². The summed E-state index contributed by atoms with van der Waals surface area (Å²) in [4.78, 5) is 10.6. The summed E-state index contributed by atoms with van der Waals surface area (Å²) >= 11 is 3.46. The maximum Gasteiger partial charge on any atom is 0.174 e. The van der Waals surface area contributed by atoms with Gasteiger partial charge in [-0.3, -0.25) is 4.40 Å². The number of thiophene rings is 1. The molecule has 132 valence electrons. The number of hydrogen-bond acceptors (Lipinski definition) is 6. The van der Waals surface area contributed by atoms with Gasteiger partial charge in [-0.2, -0.15) is 0 Å². The minimum Gasteiger partial charge on any atom is -0.493 e. The van der Waals surface area contributed by atoms with Crippen LogP contribution in [0.5, 0.6) is 11.5 Å². The van der Waals surface area contributed by atoms with Crippen molar-refractivity contribution in [1.29, 1.82) is 0 Å². The molecule has 0 aliphatic rings. The lowest BCUT2D eigenvalue weighted by molar-refractivity contribution is 0.355. The third-order valence-electron chi connectivity index (χ3n) is 3.96. The van der Waals surface area contributed by atoms with Gasteiger partial charge in [-0.15, -0.1) is 11.3 Å². The van der Waals surface area contributed by atoms with Gasteiger partial charge in [0.1, 0.15) is 5.65 Å². The molecule has 5 nitrogen and oxygen atoms in total. The first-order valence-electron chi connectivity index (χ1n) is 8.00. The van der Waals surface area contributed by atoms with Gasteiger partial charge >= 0.3 is 0 Å². The summed E-state index contributed by atoms with van der Waals surface area (Å²) < 4.78 is 12.8. The summed E-state index contributed by atoms with van der Waals surface area (Å²) in [5, 5.41) is 3.01. The van der Waals surface area contributed by atoms with E-state index < -0.39 is 0 Å². The molecule has 1 aromatic carbocycles. The molecular formula is C19H17N3O2S2. The van der Waals surface area contributed by atoms with Crippen LogP contribution in [-0.2, 0) is 5.75 Å². The van der Waals surface area contributed by atoms with E-state index in [1.165, 1.54) is 4.88 Å². The highest BCUT2D eigenvalue weighted by Gasteiger charge is 2.12. The number of thioether (sulfide) groups is 1. The predicted molar refractivity (Wildman–Crippen MR) is 105 cm³/mol. The Kier molecular flexibility index (Phi) is 4.81. The molecule has 0 unspecified atom stereocenters. The molecule has 0 saturated carbocycles. The fraction of sp³-hybridized carbons (Fsp3) is 0.158. The monoisotopic (exact) mass is 383 g/mol. The minimum absolute atomic E-state index is 0.683. The van der Waals surface area contributed by atoms with E-state index in [0.717, 1.165) is 27.8 Å². The summed E-state index contributed by atoms with van der Waals surface area (Å²) in [6.07, 6.45) is 3.74. The summed E-state index contributed by atoms with van der Waals surface area (Å²) in [5.41, 5.74) is 2.70. The molecule has 0 saturated heterocycles. The predicted octanol–water partition coefficient (Wildman–Crippen LogP) is 4.77. The zero-order valence-electron chi connectivity index (χ0n) is 14.4. The molecule has 3 aromatic heterocycles. The molecule has 4 rings (SSSR count). The maximum atomic E-state index is 5.42. The number of nitrogens with zero attached hydrogens (tertiary/aromatic N) is 3. The van der Waals surface area contributed by atoms with Crippen molar-refractivity contribution in [3.63, 3.8) is 0 Å². The van der Waals surface area contributed by atoms with Crippen LogP contribution >= 0.6 is 23.1 Å². The largest absolute Gasteiger partial charge is 0.493 e. The maximum absolute atomic E-state index is 5.42. The number of imidazole rings is 1. The first-order chi connectivity index (χ1) is 12.8. The Hall–Kier alpha value is -2.51. The Morgan fingerprint density at radius 2 is 2.00 bits per heavy atom. The van der Waals surface area contributed by atoms with E-state index in [1.807, 2.05) is 34.9 Å². The topological polar surface area (TPSA) is 48.7 Å². The quantitative estimate of drug-likeness (QED) is 0.355. The van der Waals surface area contributed by atoms with Gasteiger partial charge in [-0.1, -0.05) is 17.8 Å². The SMILES string of the molecule is COc1ccc(-c2cc3nccn3c(SCc3cccs3)n2)cc1OC. The molecule has 7 heteroatoms. The Morgan fingerprint density at radius 1 is 1.12 bits per heavy atom. The third-order valence-corrected chi connectivity index (χ3v) is 6.02. The zero-order valence-corrected chi connectivity index (χ0v) is 16.0. The lowest BCUT2D eigenvalue weighted by Crippen LogP contribution is -1.97. The second kappa shape index (κ2) is 7.39. The molecule has 3 heterocycles. The molecule has 0 aliphatic heterocycles. The van der Waals surface area contributed by atoms with Gasteiger partial charge in [0, 0.05) is 34.7 Å². The van der Waals surface area contributed by atoms with E-state index in [2.05, 4.69) is 22.5 Å². The van der Waals surface area contributed by atoms with Gasteiger partial charge in [0.05, 0.1) is 19.9 Å². The summed E-state index contributed by atoms with van der Waals surface area (Å²) in [6, 6.07) is 12.0. The Morgan fingerprint density at radius 3 is 2.77 bits per heavy atom. The van der Waals surface area contributed by atoms with Crippen LogP contribution in [-0.4, -0.2) is 28.6 Å². The number of rotatable bonds is 6. The molecule has 0 bridgehead atoms. The van der Waals surface area contributed by atoms with Crippen LogP contribution in [0.2, 0.25) is 0 Å². The van der Waals surface area contributed by atoms with Crippen LogP contribution in [0.3, 0.4) is 0 Å². The number of aromatic nitrogens is 3. The van der Waals surface area contributed by atoms with Crippen molar-refractivity contribution in [2.24, 2.45) is 0 Å². The third kappa shape index (κ3) is 3.27. The van der Waals surface area contributed by atoms with Crippen molar-refractivity contribution in [2.75, 3.05) is 14.2 Å². The van der Waals surface area contributed by atoms with Gasteiger partial charge in [0.2, 0.25) is 0 Å². The number of methoxy groups -OCH3 is 2. The summed E-state index contributed by atoms with van der Waals surface area (Å²) in [6.45, 7) is 0. The lowest BCUT2D eigenvalue weighted by Gasteiger charge is -2.11. The minimum atomic E-state index is 0.683. The van der Waals surface area contributed by atoms with Gasteiger partial charge in [-0.05, 0) is 29.6 Å². The van der Waals surface area contributed by atoms with Gasteiger partial charge in [0.25, 0.3) is 0 Å². The second-order valence-corrected chi connectivity index (χ2v) is 7.49. The molecule has 0 N–H and O–H groups in total. The molecular weight excluding hydrogens is 366 g/mol. The van der Waals surface area contributed by atoms with Crippen LogP contribution in [0.15, 0.2) is 59.3 Å². The summed E-state index contributed by atoms with van der Waals surface area (Å²) in [7, 11) is 3.26. The van der Waals surface area contributed by atoms with Crippen molar-refractivity contribution in [3.8, 4) is 22.8 Å². The van der Waals surface area contributed by atoms with E-state index in [-0.39, 0.29) is 0 Å². The smallest absolute Gasteiger partial charge is 0.174 e. The van der Waals surface area contributed by atoms with Crippen LogP contribution in [0, 0.1) is 0 Å². The van der Waals surface area contributed by atoms with Crippen LogP contribution in [0.4, 0.5) is 0 Å². The first-order valence-corrected chi connectivity index (χ1v) is 9.86. The van der Waals surface area contributed by atoms with E-state index in [1.54, 1.807) is 43.5 Å². The average Bonchev–Trinajstić information content (AvgIpc) is 3.36. The molecule has 4 aromatic rings. The van der Waals surface area contributed by atoms with Crippen molar-refractivity contribution in [1.82, 2.24) is 14.4 Å². The summed E-state index contributed by atoms with van der Waals surface area (Å²) in [5.74, 6) is 2.26. The van der Waals surface area contributed by atoms with Gasteiger partial charge in [-0.25, -0.2) is 9.97 Å². The van der Waals surface area contributed by atoms with Gasteiger partial charge in [0.15, 0.2) is 16.7 Å². The molecule has 0 atom stereocenters.